The summed E-state index contributed by atoms with van der Waals surface area (Å²) in [6, 6.07) is 8.72. The van der Waals surface area contributed by atoms with Gasteiger partial charge in [0, 0.05) is 30.6 Å². The Morgan fingerprint density at radius 2 is 1.62 bits per heavy atom. The zero-order valence-electron chi connectivity index (χ0n) is 20.4. The van der Waals surface area contributed by atoms with Crippen molar-refractivity contribution in [3.63, 3.8) is 0 Å². The van der Waals surface area contributed by atoms with Crippen LogP contribution in [0.25, 0.3) is 5.57 Å². The zero-order chi connectivity index (χ0) is 23.0. The minimum Gasteiger partial charge on any atom is -0.497 e. The number of allylic oxidation sites excluding steroid dienone is 3. The highest BCUT2D eigenvalue weighted by molar-refractivity contribution is 5.73. The average molecular weight is 465 g/mol. The van der Waals surface area contributed by atoms with Crippen LogP contribution in [0.3, 0.4) is 0 Å². The van der Waals surface area contributed by atoms with Crippen molar-refractivity contribution in [1.29, 1.82) is 0 Å². The van der Waals surface area contributed by atoms with Gasteiger partial charge in [-0.3, -0.25) is 0 Å². The molecule has 0 aromatic heterocycles. The first-order valence-electron chi connectivity index (χ1n) is 13.2. The van der Waals surface area contributed by atoms with E-state index >= 15 is 0 Å². The lowest BCUT2D eigenvalue weighted by molar-refractivity contribution is -0.226. The van der Waals surface area contributed by atoms with E-state index in [9.17, 15) is 0 Å². The fourth-order valence-corrected chi connectivity index (χ4v) is 8.47. The highest BCUT2D eigenvalue weighted by Crippen LogP contribution is 2.67. The number of benzene rings is 1. The quantitative estimate of drug-likeness (QED) is 0.541. The van der Waals surface area contributed by atoms with E-state index < -0.39 is 5.79 Å². The molecule has 182 valence electrons. The molecule has 0 amide bonds. The summed E-state index contributed by atoms with van der Waals surface area (Å²) in [5.41, 5.74) is 6.07. The zero-order valence-corrected chi connectivity index (χ0v) is 20.4. The topological polar surface area (TPSA) is 46.2 Å². The van der Waals surface area contributed by atoms with Gasteiger partial charge in [0.1, 0.15) is 5.75 Å². The summed E-state index contributed by atoms with van der Waals surface area (Å²) in [5, 5.41) is 0. The molecule has 4 atom stereocenters. The van der Waals surface area contributed by atoms with Gasteiger partial charge in [-0.15, -0.1) is 0 Å². The van der Waals surface area contributed by atoms with Crippen molar-refractivity contribution < 1.29 is 23.7 Å². The van der Waals surface area contributed by atoms with Crippen molar-refractivity contribution in [1.82, 2.24) is 0 Å². The van der Waals surface area contributed by atoms with E-state index in [1.165, 1.54) is 23.1 Å². The number of ether oxygens (including phenoxy) is 5. The Morgan fingerprint density at radius 3 is 2.35 bits per heavy atom. The highest BCUT2D eigenvalue weighted by Gasteiger charge is 2.65. The van der Waals surface area contributed by atoms with E-state index in [0.717, 1.165) is 70.7 Å². The summed E-state index contributed by atoms with van der Waals surface area (Å²) in [6.07, 6.45) is 9.88. The molecule has 5 nitrogen and oxygen atoms in total. The minimum absolute atomic E-state index is 0.00810. The molecule has 2 aliphatic heterocycles. The number of fused-ring (bicyclic) bond motifs is 6. The third-order valence-corrected chi connectivity index (χ3v) is 10.0. The molecule has 0 unspecified atom stereocenters. The smallest absolute Gasteiger partial charge is 0.174 e. The van der Waals surface area contributed by atoms with Crippen LogP contribution in [0.1, 0.15) is 57.4 Å². The first kappa shape index (κ1) is 21.6. The molecule has 4 aliphatic carbocycles. The Bertz CT molecular complexity index is 1030. The first-order valence-corrected chi connectivity index (χ1v) is 13.2. The minimum atomic E-state index is -0.424. The van der Waals surface area contributed by atoms with Gasteiger partial charge in [-0.25, -0.2) is 0 Å². The molecule has 2 saturated carbocycles. The van der Waals surface area contributed by atoms with Gasteiger partial charge in [0.05, 0.1) is 33.5 Å². The van der Waals surface area contributed by atoms with E-state index in [4.69, 9.17) is 23.7 Å². The lowest BCUT2D eigenvalue weighted by Crippen LogP contribution is -2.51. The molecule has 0 radical (unpaired) electrons. The Kier molecular flexibility index (Phi) is 4.87. The fraction of sp³-hybridized carbons (Fsp3) is 0.655. The molecule has 0 N–H and O–H groups in total. The third kappa shape index (κ3) is 2.93. The molecular weight excluding hydrogens is 428 g/mol. The van der Waals surface area contributed by atoms with E-state index in [0.29, 0.717) is 17.8 Å². The van der Waals surface area contributed by atoms with Gasteiger partial charge in [0.2, 0.25) is 0 Å². The van der Waals surface area contributed by atoms with Crippen molar-refractivity contribution in [2.75, 3.05) is 33.5 Å². The summed E-state index contributed by atoms with van der Waals surface area (Å²) in [6.45, 7) is 5.34. The molecule has 5 heteroatoms. The average Bonchev–Trinajstić information content (AvgIpc) is 3.59. The highest BCUT2D eigenvalue weighted by atomic mass is 16.7. The molecule has 1 aromatic rings. The Hall–Kier alpha value is -1.66. The van der Waals surface area contributed by atoms with Crippen molar-refractivity contribution in [3.05, 3.63) is 47.1 Å². The number of methoxy groups -OCH3 is 1. The SMILES string of the molecule is COc1ccc(C2=C3[C@H]4CCC5(CC4=CC[C@H]3[C@@H]3CCC4(OCCO4)[C@@]3(C)C2)OCCO5)cc1. The Morgan fingerprint density at radius 1 is 0.882 bits per heavy atom. The molecule has 2 spiro atoms. The van der Waals surface area contributed by atoms with Gasteiger partial charge >= 0.3 is 0 Å². The van der Waals surface area contributed by atoms with E-state index in [2.05, 4.69) is 37.3 Å². The number of hydrogen-bond donors (Lipinski definition) is 0. The molecular formula is C29H36O5. The lowest BCUT2D eigenvalue weighted by atomic mass is 9.54. The molecule has 7 rings (SSSR count). The molecule has 0 bridgehead atoms. The maximum Gasteiger partial charge on any atom is 0.174 e. The van der Waals surface area contributed by atoms with Crippen LogP contribution in [-0.4, -0.2) is 45.1 Å². The first-order chi connectivity index (χ1) is 16.6. The largest absolute Gasteiger partial charge is 0.497 e. The van der Waals surface area contributed by atoms with Gasteiger partial charge in [-0.05, 0) is 60.8 Å². The van der Waals surface area contributed by atoms with Gasteiger partial charge in [-0.1, -0.05) is 36.3 Å². The van der Waals surface area contributed by atoms with Crippen LogP contribution in [-0.2, 0) is 18.9 Å². The maximum atomic E-state index is 6.43. The van der Waals surface area contributed by atoms with Gasteiger partial charge in [0.25, 0.3) is 0 Å². The molecule has 4 fully saturated rings. The lowest BCUT2D eigenvalue weighted by Gasteiger charge is -2.53. The Balaban J connectivity index is 1.34. The Labute approximate surface area is 202 Å². The second-order valence-electron chi connectivity index (χ2n) is 11.3. The van der Waals surface area contributed by atoms with E-state index in [1.807, 2.05) is 0 Å². The van der Waals surface area contributed by atoms with Crippen molar-refractivity contribution in [2.45, 2.75) is 63.4 Å². The number of rotatable bonds is 2. The number of hydrogen-bond acceptors (Lipinski definition) is 5. The van der Waals surface area contributed by atoms with Crippen molar-refractivity contribution in [3.8, 4) is 5.75 Å². The second kappa shape index (κ2) is 7.67. The van der Waals surface area contributed by atoms with Gasteiger partial charge in [-0.2, -0.15) is 0 Å². The molecule has 2 heterocycles. The second-order valence-corrected chi connectivity index (χ2v) is 11.3. The van der Waals surface area contributed by atoms with Crippen LogP contribution in [0.5, 0.6) is 5.75 Å². The summed E-state index contributed by atoms with van der Waals surface area (Å²) in [4.78, 5) is 0. The summed E-state index contributed by atoms with van der Waals surface area (Å²) >= 11 is 0. The monoisotopic (exact) mass is 464 g/mol. The van der Waals surface area contributed by atoms with Crippen LogP contribution < -0.4 is 4.74 Å². The molecule has 34 heavy (non-hydrogen) atoms. The fourth-order valence-electron chi connectivity index (χ4n) is 8.47. The predicted octanol–water partition coefficient (Wildman–Crippen LogP) is 5.50. The van der Waals surface area contributed by atoms with Crippen LogP contribution in [0.2, 0.25) is 0 Å². The van der Waals surface area contributed by atoms with Crippen LogP contribution in [0.15, 0.2) is 41.5 Å². The molecule has 2 saturated heterocycles. The van der Waals surface area contributed by atoms with E-state index in [1.54, 1.807) is 12.7 Å². The molecule has 1 aromatic carbocycles. The summed E-state index contributed by atoms with van der Waals surface area (Å²) < 4.78 is 30.6. The maximum absolute atomic E-state index is 6.43. The normalized spacial score (nSPS) is 37.5. The standard InChI is InChI=1S/C29H36O5/c1-27-18-24(19-3-6-21(30-2)7-4-19)26-22-9-11-28(31-13-14-32-28)17-20(22)5-8-23(26)25(27)10-12-29(27)33-15-16-34-29/h3-7,22-23,25H,8-18H2,1-2H3/t22-,23-,25-,27-/m0/s1. The summed E-state index contributed by atoms with van der Waals surface area (Å²) in [5.74, 6) is 1.76. The van der Waals surface area contributed by atoms with Crippen LogP contribution in [0, 0.1) is 23.2 Å². The van der Waals surface area contributed by atoms with Crippen LogP contribution >= 0.6 is 0 Å². The van der Waals surface area contributed by atoms with Gasteiger partial charge in [0.15, 0.2) is 11.6 Å². The summed E-state index contributed by atoms with van der Waals surface area (Å²) in [7, 11) is 1.74. The van der Waals surface area contributed by atoms with Crippen LogP contribution in [0.4, 0.5) is 0 Å². The predicted molar refractivity (Wildman–Crippen MR) is 128 cm³/mol. The van der Waals surface area contributed by atoms with Crippen molar-refractivity contribution in [2.24, 2.45) is 23.2 Å². The third-order valence-electron chi connectivity index (χ3n) is 10.0. The van der Waals surface area contributed by atoms with Gasteiger partial charge < -0.3 is 23.7 Å². The van der Waals surface area contributed by atoms with E-state index in [-0.39, 0.29) is 11.2 Å². The van der Waals surface area contributed by atoms with Crippen molar-refractivity contribution >= 4 is 5.57 Å². The molecule has 6 aliphatic rings.